The molecule has 0 bridgehead atoms. The van der Waals surface area contributed by atoms with Crippen LogP contribution in [0.25, 0.3) is 0 Å². The van der Waals surface area contributed by atoms with Crippen LogP contribution in [0.15, 0.2) is 0 Å². The highest BCUT2D eigenvalue weighted by Gasteiger charge is 2.13. The Labute approximate surface area is 66.4 Å². The van der Waals surface area contributed by atoms with E-state index in [1.807, 2.05) is 0 Å². The second-order valence-electron chi connectivity index (χ2n) is 2.76. The van der Waals surface area contributed by atoms with E-state index in [1.165, 1.54) is 6.92 Å². The van der Waals surface area contributed by atoms with Crippen LogP contribution in [0.2, 0.25) is 0 Å². The number of aliphatic hydroxyl groups is 1. The lowest BCUT2D eigenvalue weighted by Gasteiger charge is -2.05. The van der Waals surface area contributed by atoms with Crippen LogP contribution < -0.4 is 0 Å². The zero-order valence-electron chi connectivity index (χ0n) is 6.96. The van der Waals surface area contributed by atoms with Crippen LogP contribution in [-0.4, -0.2) is 23.3 Å². The van der Waals surface area contributed by atoms with Crippen molar-refractivity contribution in [3.63, 3.8) is 0 Å². The summed E-state index contributed by atoms with van der Waals surface area (Å²) in [5.74, 6) is -0.379. The number of hydrogen-bond acceptors (Lipinski definition) is 3. The molecule has 0 aromatic heterocycles. The van der Waals surface area contributed by atoms with Gasteiger partial charge < -0.3 is 5.11 Å². The Morgan fingerprint density at radius 3 is 2.36 bits per heavy atom. The first-order valence-corrected chi connectivity index (χ1v) is 3.71. The molecule has 64 valence electrons. The van der Waals surface area contributed by atoms with Crippen molar-refractivity contribution in [1.82, 2.24) is 0 Å². The predicted octanol–water partition coefficient (Wildman–Crippen LogP) is 0.553. The van der Waals surface area contributed by atoms with E-state index in [0.29, 0.717) is 6.42 Å². The third-order valence-electron chi connectivity index (χ3n) is 1.53. The molecule has 1 unspecified atom stereocenters. The summed E-state index contributed by atoms with van der Waals surface area (Å²) >= 11 is 0. The highest BCUT2D eigenvalue weighted by molar-refractivity contribution is 5.98. The van der Waals surface area contributed by atoms with E-state index in [1.54, 1.807) is 6.92 Å². The number of rotatable bonds is 5. The summed E-state index contributed by atoms with van der Waals surface area (Å²) in [6, 6.07) is 0. The highest BCUT2D eigenvalue weighted by atomic mass is 16.3. The van der Waals surface area contributed by atoms with Gasteiger partial charge in [0.15, 0.2) is 0 Å². The lowest BCUT2D eigenvalue weighted by atomic mass is 9.99. The molecule has 0 aliphatic rings. The van der Waals surface area contributed by atoms with Crippen LogP contribution >= 0.6 is 0 Å². The first-order chi connectivity index (χ1) is 5.07. The van der Waals surface area contributed by atoms with Crippen molar-refractivity contribution in [2.75, 3.05) is 6.61 Å². The number of carbonyl (C=O) groups is 2. The fourth-order valence-corrected chi connectivity index (χ4v) is 0.774. The van der Waals surface area contributed by atoms with E-state index in [2.05, 4.69) is 0 Å². The van der Waals surface area contributed by atoms with Gasteiger partial charge in [-0.05, 0) is 13.3 Å². The maximum absolute atomic E-state index is 11.0. The van der Waals surface area contributed by atoms with Gasteiger partial charge in [0.1, 0.15) is 11.6 Å². The number of carbonyl (C=O) groups excluding carboxylic acids is 2. The molecule has 0 aliphatic carbocycles. The van der Waals surface area contributed by atoms with Gasteiger partial charge in [-0.15, -0.1) is 0 Å². The summed E-state index contributed by atoms with van der Waals surface area (Å²) in [6.45, 7) is 3.12. The smallest absolute Gasteiger partial charge is 0.143 e. The van der Waals surface area contributed by atoms with E-state index in [4.69, 9.17) is 5.11 Å². The third kappa shape index (κ3) is 4.67. The van der Waals surface area contributed by atoms with Gasteiger partial charge in [-0.25, -0.2) is 0 Å². The van der Waals surface area contributed by atoms with Gasteiger partial charge in [-0.1, -0.05) is 6.92 Å². The van der Waals surface area contributed by atoms with Crippen LogP contribution in [0.4, 0.5) is 0 Å². The minimum atomic E-state index is -0.191. The van der Waals surface area contributed by atoms with Crippen LogP contribution in [-0.2, 0) is 9.59 Å². The predicted molar refractivity (Wildman–Crippen MR) is 41.2 cm³/mol. The first kappa shape index (κ1) is 10.3. The van der Waals surface area contributed by atoms with Crippen LogP contribution in [0, 0.1) is 5.92 Å². The lowest BCUT2D eigenvalue weighted by molar-refractivity contribution is -0.128. The summed E-state index contributed by atoms with van der Waals surface area (Å²) in [6.07, 6.45) is 0.452. The summed E-state index contributed by atoms with van der Waals surface area (Å²) in [5, 5.41) is 8.48. The molecule has 0 heterocycles. The zero-order chi connectivity index (χ0) is 8.85. The van der Waals surface area contributed by atoms with Crippen LogP contribution in [0.5, 0.6) is 0 Å². The highest BCUT2D eigenvalue weighted by Crippen LogP contribution is 2.05. The quantitative estimate of drug-likeness (QED) is 0.594. The Morgan fingerprint density at radius 2 is 2.00 bits per heavy atom. The molecule has 0 aromatic rings. The maximum Gasteiger partial charge on any atom is 0.143 e. The van der Waals surface area contributed by atoms with Crippen LogP contribution in [0.3, 0.4) is 0 Å². The molecule has 0 radical (unpaired) electrons. The monoisotopic (exact) mass is 158 g/mol. The molecule has 0 fully saturated rings. The molecule has 0 spiro atoms. The average molecular weight is 158 g/mol. The van der Waals surface area contributed by atoms with Crippen molar-refractivity contribution < 1.29 is 14.7 Å². The van der Waals surface area contributed by atoms with Gasteiger partial charge in [0, 0.05) is 12.5 Å². The van der Waals surface area contributed by atoms with E-state index in [9.17, 15) is 9.59 Å². The van der Waals surface area contributed by atoms with Gasteiger partial charge in [0.05, 0.1) is 6.42 Å². The molecule has 3 heteroatoms. The molecule has 3 nitrogen and oxygen atoms in total. The zero-order valence-corrected chi connectivity index (χ0v) is 6.96. The van der Waals surface area contributed by atoms with Gasteiger partial charge in [0.25, 0.3) is 0 Å². The Bertz CT molecular complexity index is 151. The average Bonchev–Trinajstić information content (AvgIpc) is 1.86. The topological polar surface area (TPSA) is 54.4 Å². The summed E-state index contributed by atoms with van der Waals surface area (Å²) in [4.78, 5) is 21.5. The van der Waals surface area contributed by atoms with E-state index >= 15 is 0 Å². The van der Waals surface area contributed by atoms with E-state index < -0.39 is 0 Å². The van der Waals surface area contributed by atoms with Gasteiger partial charge in [-0.2, -0.15) is 0 Å². The summed E-state index contributed by atoms with van der Waals surface area (Å²) in [7, 11) is 0. The maximum atomic E-state index is 11.0. The SMILES string of the molecule is CC(=O)CC(=O)C(C)CCO. The van der Waals surface area contributed by atoms with Gasteiger partial charge >= 0.3 is 0 Å². The Kier molecular flexibility index (Phi) is 4.70. The van der Waals surface area contributed by atoms with Crippen molar-refractivity contribution in [2.45, 2.75) is 26.7 Å². The Balaban J connectivity index is 3.73. The summed E-state index contributed by atoms with van der Waals surface area (Å²) < 4.78 is 0. The fourth-order valence-electron chi connectivity index (χ4n) is 0.774. The Morgan fingerprint density at radius 1 is 1.45 bits per heavy atom. The van der Waals surface area contributed by atoms with Crippen molar-refractivity contribution in [2.24, 2.45) is 5.92 Å². The van der Waals surface area contributed by atoms with Crippen molar-refractivity contribution in [3.05, 3.63) is 0 Å². The number of ketones is 2. The molecule has 1 N–H and O–H groups in total. The Hall–Kier alpha value is -0.700. The molecule has 0 aromatic carbocycles. The largest absolute Gasteiger partial charge is 0.396 e. The van der Waals surface area contributed by atoms with Gasteiger partial charge in [0.2, 0.25) is 0 Å². The third-order valence-corrected chi connectivity index (χ3v) is 1.53. The van der Waals surface area contributed by atoms with Crippen molar-refractivity contribution in [3.8, 4) is 0 Å². The normalized spacial score (nSPS) is 12.6. The fraction of sp³-hybridized carbons (Fsp3) is 0.750. The molecule has 11 heavy (non-hydrogen) atoms. The van der Waals surface area contributed by atoms with E-state index in [0.717, 1.165) is 0 Å². The summed E-state index contributed by atoms with van der Waals surface area (Å²) in [5.41, 5.74) is 0. The van der Waals surface area contributed by atoms with Crippen molar-refractivity contribution >= 4 is 11.6 Å². The second-order valence-corrected chi connectivity index (χ2v) is 2.76. The second kappa shape index (κ2) is 5.02. The molecule has 0 rings (SSSR count). The van der Waals surface area contributed by atoms with Gasteiger partial charge in [-0.3, -0.25) is 9.59 Å². The first-order valence-electron chi connectivity index (χ1n) is 3.71. The standard InChI is InChI=1S/C8H14O3/c1-6(3-4-9)8(11)5-7(2)10/h6,9H,3-5H2,1-2H3. The molecule has 0 saturated carbocycles. The molecule has 0 aliphatic heterocycles. The molecular formula is C8H14O3. The lowest BCUT2D eigenvalue weighted by Crippen LogP contribution is -2.15. The minimum absolute atomic E-state index is 0.00116. The van der Waals surface area contributed by atoms with Crippen LogP contribution in [0.1, 0.15) is 26.7 Å². The van der Waals surface area contributed by atoms with E-state index in [-0.39, 0.29) is 30.5 Å². The molecular weight excluding hydrogens is 144 g/mol. The number of Topliss-reactive ketones (excluding diaryl/α,β-unsaturated/α-hetero) is 2. The number of aliphatic hydroxyl groups excluding tert-OH is 1. The minimum Gasteiger partial charge on any atom is -0.396 e. The molecule has 0 amide bonds. The van der Waals surface area contributed by atoms with Crippen molar-refractivity contribution in [1.29, 1.82) is 0 Å². The molecule has 0 saturated heterocycles. The molecule has 1 atom stereocenters. The number of hydrogen-bond donors (Lipinski definition) is 1.